The molecular formula is C32H64O5. The van der Waals surface area contributed by atoms with Gasteiger partial charge >= 0.3 is 11.9 Å². The standard InChI is InChI=1S/C28H58O.C4H6O4/c1-3-5-7-9-11-13-15-17-19-21-23-25-27-29-28-26-24-22-20-18-16-14-12-10-8-6-4-2;5-3(6)1-2-4(7)8/h3-28H2,1-2H3;1-2H2,(H,5,6)(H,7,8). The first-order valence-corrected chi connectivity index (χ1v) is 16.1. The van der Waals surface area contributed by atoms with E-state index in [9.17, 15) is 9.59 Å². The highest BCUT2D eigenvalue weighted by molar-refractivity contribution is 5.75. The summed E-state index contributed by atoms with van der Waals surface area (Å²) >= 11 is 0. The van der Waals surface area contributed by atoms with Gasteiger partial charge in [0.15, 0.2) is 0 Å². The van der Waals surface area contributed by atoms with Gasteiger partial charge in [-0.3, -0.25) is 9.59 Å². The topological polar surface area (TPSA) is 83.8 Å². The second-order valence-electron chi connectivity index (χ2n) is 10.7. The summed E-state index contributed by atoms with van der Waals surface area (Å²) in [6.07, 6.45) is 33.5. The van der Waals surface area contributed by atoms with E-state index in [1.54, 1.807) is 0 Å². The third-order valence-electron chi connectivity index (χ3n) is 6.84. The van der Waals surface area contributed by atoms with Crippen LogP contribution in [0.4, 0.5) is 0 Å². The number of carbonyl (C=O) groups is 2. The van der Waals surface area contributed by atoms with Gasteiger partial charge in [0.1, 0.15) is 0 Å². The van der Waals surface area contributed by atoms with Crippen LogP contribution in [0.3, 0.4) is 0 Å². The lowest BCUT2D eigenvalue weighted by atomic mass is 10.1. The summed E-state index contributed by atoms with van der Waals surface area (Å²) in [4.78, 5) is 19.3. The molecule has 0 radical (unpaired) electrons. The number of ether oxygens (including phenoxy) is 1. The lowest BCUT2D eigenvalue weighted by Crippen LogP contribution is -2.00. The zero-order valence-electron chi connectivity index (χ0n) is 24.9. The van der Waals surface area contributed by atoms with E-state index in [-0.39, 0.29) is 12.8 Å². The predicted molar refractivity (Wildman–Crippen MR) is 157 cm³/mol. The molecule has 0 aromatic heterocycles. The lowest BCUT2D eigenvalue weighted by molar-refractivity contribution is -0.143. The van der Waals surface area contributed by atoms with E-state index in [0.717, 1.165) is 13.2 Å². The smallest absolute Gasteiger partial charge is 0.303 e. The number of aliphatic carboxylic acids is 2. The van der Waals surface area contributed by atoms with Crippen molar-refractivity contribution in [1.29, 1.82) is 0 Å². The van der Waals surface area contributed by atoms with Crippen LogP contribution in [0.1, 0.15) is 181 Å². The molecule has 0 bridgehead atoms. The molecule has 5 nitrogen and oxygen atoms in total. The summed E-state index contributed by atoms with van der Waals surface area (Å²) < 4.78 is 5.82. The lowest BCUT2D eigenvalue weighted by Gasteiger charge is -2.05. The maximum absolute atomic E-state index is 9.64. The molecule has 37 heavy (non-hydrogen) atoms. The summed E-state index contributed by atoms with van der Waals surface area (Å²) in [5, 5.41) is 15.8. The highest BCUT2D eigenvalue weighted by Crippen LogP contribution is 2.13. The molecule has 0 spiro atoms. The van der Waals surface area contributed by atoms with Crippen molar-refractivity contribution in [3.05, 3.63) is 0 Å². The molecule has 0 aliphatic heterocycles. The summed E-state index contributed by atoms with van der Waals surface area (Å²) in [7, 11) is 0. The van der Waals surface area contributed by atoms with Crippen LogP contribution in [0.2, 0.25) is 0 Å². The molecule has 0 amide bonds. The van der Waals surface area contributed by atoms with E-state index in [1.807, 2.05) is 0 Å². The fourth-order valence-corrected chi connectivity index (χ4v) is 4.41. The molecule has 0 saturated carbocycles. The van der Waals surface area contributed by atoms with E-state index in [1.165, 1.54) is 154 Å². The number of rotatable bonds is 29. The molecule has 0 saturated heterocycles. The summed E-state index contributed by atoms with van der Waals surface area (Å²) in [6.45, 7) is 6.58. The Balaban J connectivity index is 0. The molecule has 0 atom stereocenters. The minimum atomic E-state index is -1.08. The second-order valence-corrected chi connectivity index (χ2v) is 10.7. The molecule has 0 unspecified atom stereocenters. The van der Waals surface area contributed by atoms with E-state index in [4.69, 9.17) is 14.9 Å². The average molecular weight is 529 g/mol. The van der Waals surface area contributed by atoms with E-state index >= 15 is 0 Å². The number of carboxylic acid groups (broad SMARTS) is 2. The molecule has 0 aliphatic carbocycles. The zero-order valence-corrected chi connectivity index (χ0v) is 24.9. The summed E-state index contributed by atoms with van der Waals surface area (Å²) in [6, 6.07) is 0. The molecule has 0 rings (SSSR count). The maximum atomic E-state index is 9.64. The van der Waals surface area contributed by atoms with Gasteiger partial charge in [0.25, 0.3) is 0 Å². The zero-order chi connectivity index (χ0) is 27.7. The summed E-state index contributed by atoms with van der Waals surface area (Å²) in [5.41, 5.74) is 0. The number of carboxylic acids is 2. The van der Waals surface area contributed by atoms with Crippen LogP contribution in [0.5, 0.6) is 0 Å². The number of hydrogen-bond acceptors (Lipinski definition) is 3. The van der Waals surface area contributed by atoms with Crippen molar-refractivity contribution in [1.82, 2.24) is 0 Å². The van der Waals surface area contributed by atoms with Crippen LogP contribution >= 0.6 is 0 Å². The van der Waals surface area contributed by atoms with Crippen LogP contribution in [0.15, 0.2) is 0 Å². The number of hydrogen-bond donors (Lipinski definition) is 2. The molecule has 0 aliphatic rings. The molecular weight excluding hydrogens is 464 g/mol. The first-order valence-electron chi connectivity index (χ1n) is 16.1. The second kappa shape index (κ2) is 34.9. The molecule has 0 heterocycles. The van der Waals surface area contributed by atoms with Crippen LogP contribution in [-0.2, 0) is 14.3 Å². The Morgan fingerprint density at radius 1 is 0.405 bits per heavy atom. The third kappa shape index (κ3) is 42.3. The van der Waals surface area contributed by atoms with Gasteiger partial charge in [0.2, 0.25) is 0 Å². The molecule has 0 aromatic rings. The van der Waals surface area contributed by atoms with Gasteiger partial charge in [0, 0.05) is 13.2 Å². The molecule has 0 fully saturated rings. The highest BCUT2D eigenvalue weighted by Gasteiger charge is 2.00. The average Bonchev–Trinajstić information content (AvgIpc) is 2.88. The first kappa shape index (κ1) is 38.0. The Labute approximate surface area is 230 Å². The molecule has 0 aromatic carbocycles. The Morgan fingerprint density at radius 3 is 0.838 bits per heavy atom. The van der Waals surface area contributed by atoms with Crippen molar-refractivity contribution in [2.75, 3.05) is 13.2 Å². The van der Waals surface area contributed by atoms with Crippen molar-refractivity contribution < 1.29 is 24.5 Å². The van der Waals surface area contributed by atoms with E-state index in [2.05, 4.69) is 13.8 Å². The van der Waals surface area contributed by atoms with Gasteiger partial charge in [-0.05, 0) is 12.8 Å². The van der Waals surface area contributed by atoms with E-state index in [0.29, 0.717) is 0 Å². The van der Waals surface area contributed by atoms with Crippen LogP contribution in [-0.4, -0.2) is 35.4 Å². The van der Waals surface area contributed by atoms with Gasteiger partial charge in [-0.15, -0.1) is 0 Å². The Kier molecular flexibility index (Phi) is 35.9. The van der Waals surface area contributed by atoms with Crippen molar-refractivity contribution in [3.8, 4) is 0 Å². The van der Waals surface area contributed by atoms with E-state index < -0.39 is 11.9 Å². The summed E-state index contributed by atoms with van der Waals surface area (Å²) in [5.74, 6) is -2.15. The normalized spacial score (nSPS) is 10.8. The Morgan fingerprint density at radius 2 is 0.622 bits per heavy atom. The minimum Gasteiger partial charge on any atom is -0.481 e. The quantitative estimate of drug-likeness (QED) is 0.0943. The fourth-order valence-electron chi connectivity index (χ4n) is 4.41. The molecule has 2 N–H and O–H groups in total. The number of unbranched alkanes of at least 4 members (excludes halogenated alkanes) is 22. The van der Waals surface area contributed by atoms with Gasteiger partial charge in [0.05, 0.1) is 12.8 Å². The van der Waals surface area contributed by atoms with Crippen molar-refractivity contribution in [2.45, 2.75) is 181 Å². The van der Waals surface area contributed by atoms with Crippen molar-refractivity contribution >= 4 is 11.9 Å². The monoisotopic (exact) mass is 528 g/mol. The largest absolute Gasteiger partial charge is 0.481 e. The van der Waals surface area contributed by atoms with Crippen LogP contribution < -0.4 is 0 Å². The van der Waals surface area contributed by atoms with Crippen LogP contribution in [0, 0.1) is 0 Å². The first-order chi connectivity index (χ1) is 18.0. The van der Waals surface area contributed by atoms with Crippen LogP contribution in [0.25, 0.3) is 0 Å². The van der Waals surface area contributed by atoms with Gasteiger partial charge in [-0.25, -0.2) is 0 Å². The van der Waals surface area contributed by atoms with Gasteiger partial charge in [-0.2, -0.15) is 0 Å². The van der Waals surface area contributed by atoms with Crippen molar-refractivity contribution in [3.63, 3.8) is 0 Å². The van der Waals surface area contributed by atoms with Gasteiger partial charge in [-0.1, -0.05) is 155 Å². The fraction of sp³-hybridized carbons (Fsp3) is 0.938. The Hall–Kier alpha value is -1.10. The molecule has 222 valence electrons. The highest BCUT2D eigenvalue weighted by atomic mass is 16.5. The third-order valence-corrected chi connectivity index (χ3v) is 6.84. The van der Waals surface area contributed by atoms with Crippen molar-refractivity contribution in [2.24, 2.45) is 0 Å². The maximum Gasteiger partial charge on any atom is 0.303 e. The van der Waals surface area contributed by atoms with Gasteiger partial charge < -0.3 is 14.9 Å². The minimum absolute atomic E-state index is 0.296. The SMILES string of the molecule is CCCCCCCCCCCCCCOCCCCCCCCCCCCCC.O=C(O)CCC(=O)O. The Bertz CT molecular complexity index is 412. The molecule has 5 heteroatoms. The predicted octanol–water partition coefficient (Wildman–Crippen LogP) is 10.3.